The Kier molecular flexibility index (Phi) is 4.04. The molecule has 0 fully saturated rings. The van der Waals surface area contributed by atoms with Gasteiger partial charge in [-0.05, 0) is 42.5 Å². The highest BCUT2D eigenvalue weighted by Crippen LogP contribution is 2.31. The Morgan fingerprint density at radius 3 is 2.74 bits per heavy atom. The van der Waals surface area contributed by atoms with Crippen molar-refractivity contribution in [2.45, 2.75) is 19.4 Å². The van der Waals surface area contributed by atoms with Crippen LogP contribution in [-0.2, 0) is 5.54 Å². The van der Waals surface area contributed by atoms with E-state index in [1.807, 2.05) is 19.2 Å². The maximum absolute atomic E-state index is 10.7. The van der Waals surface area contributed by atoms with E-state index in [1.54, 1.807) is 29.7 Å². The Bertz CT molecular complexity index is 599. The highest BCUT2D eigenvalue weighted by Gasteiger charge is 2.24. The van der Waals surface area contributed by atoms with Gasteiger partial charge in [-0.1, -0.05) is 0 Å². The number of halogens is 1. The topological polar surface area (TPSA) is 68.1 Å². The van der Waals surface area contributed by atoms with Crippen molar-refractivity contribution in [3.63, 3.8) is 0 Å². The fourth-order valence-corrected chi connectivity index (χ4v) is 2.99. The highest BCUT2D eigenvalue weighted by atomic mass is 127. The van der Waals surface area contributed by atoms with Gasteiger partial charge in [-0.3, -0.25) is 10.1 Å². The summed E-state index contributed by atoms with van der Waals surface area (Å²) in [5.41, 5.74) is 0.651. The molecule has 5 nitrogen and oxygen atoms in total. The number of thiazole rings is 1. The van der Waals surface area contributed by atoms with Crippen LogP contribution in [0.2, 0.25) is 0 Å². The first kappa shape index (κ1) is 14.2. The summed E-state index contributed by atoms with van der Waals surface area (Å²) < 4.78 is 0.816. The molecule has 0 spiro atoms. The lowest BCUT2D eigenvalue weighted by Crippen LogP contribution is -2.28. The molecule has 19 heavy (non-hydrogen) atoms. The second kappa shape index (κ2) is 5.41. The van der Waals surface area contributed by atoms with E-state index in [2.05, 4.69) is 32.9 Å². The molecule has 0 unspecified atom stereocenters. The molecule has 1 N–H and O–H groups in total. The lowest BCUT2D eigenvalue weighted by atomic mass is 10.1. The Labute approximate surface area is 128 Å². The Hall–Kier alpha value is -1.22. The van der Waals surface area contributed by atoms with Crippen molar-refractivity contribution in [3.8, 4) is 0 Å². The smallest absolute Gasteiger partial charge is 0.270 e. The van der Waals surface area contributed by atoms with Gasteiger partial charge in [-0.15, -0.1) is 11.3 Å². The van der Waals surface area contributed by atoms with E-state index < -0.39 is 4.92 Å². The number of nitro groups is 1. The van der Waals surface area contributed by atoms with Crippen LogP contribution in [0.4, 0.5) is 11.4 Å². The molecule has 100 valence electrons. The van der Waals surface area contributed by atoms with Crippen molar-refractivity contribution in [1.82, 2.24) is 4.98 Å². The largest absolute Gasteiger partial charge is 0.373 e. The van der Waals surface area contributed by atoms with Crippen LogP contribution in [0.1, 0.15) is 18.9 Å². The van der Waals surface area contributed by atoms with Gasteiger partial charge in [0.05, 0.1) is 10.5 Å². The zero-order chi connectivity index (χ0) is 14.0. The molecule has 1 heterocycles. The number of anilines is 1. The monoisotopic (exact) mass is 389 g/mol. The summed E-state index contributed by atoms with van der Waals surface area (Å²) in [6.07, 6.45) is 1.77. The molecule has 0 aliphatic rings. The molecule has 2 aromatic rings. The third-order valence-corrected chi connectivity index (χ3v) is 4.57. The molecule has 0 radical (unpaired) electrons. The lowest BCUT2D eigenvalue weighted by Gasteiger charge is -2.25. The quantitative estimate of drug-likeness (QED) is 0.488. The predicted molar refractivity (Wildman–Crippen MR) is 84.6 cm³/mol. The molecular formula is C12H12IN3O2S. The zero-order valence-corrected chi connectivity index (χ0v) is 13.4. The number of hydrogen-bond donors (Lipinski definition) is 1. The average Bonchev–Trinajstić information content (AvgIpc) is 2.85. The minimum atomic E-state index is -0.391. The molecule has 7 heteroatoms. The van der Waals surface area contributed by atoms with Crippen molar-refractivity contribution in [2.75, 3.05) is 5.32 Å². The summed E-state index contributed by atoms with van der Waals surface area (Å²) in [4.78, 5) is 14.6. The summed E-state index contributed by atoms with van der Waals surface area (Å²) >= 11 is 3.67. The van der Waals surface area contributed by atoms with Gasteiger partial charge in [0, 0.05) is 33.0 Å². The van der Waals surface area contributed by atoms with Crippen LogP contribution < -0.4 is 5.32 Å². The molecule has 0 saturated heterocycles. The normalized spacial score (nSPS) is 11.3. The summed E-state index contributed by atoms with van der Waals surface area (Å²) in [5, 5.41) is 17.0. The van der Waals surface area contributed by atoms with Gasteiger partial charge in [-0.2, -0.15) is 0 Å². The first-order chi connectivity index (χ1) is 8.90. The van der Waals surface area contributed by atoms with E-state index in [9.17, 15) is 10.1 Å². The summed E-state index contributed by atoms with van der Waals surface area (Å²) in [6.45, 7) is 4.06. The summed E-state index contributed by atoms with van der Waals surface area (Å²) in [5.74, 6) is 0. The van der Waals surface area contributed by atoms with Crippen molar-refractivity contribution in [3.05, 3.63) is 48.5 Å². The van der Waals surface area contributed by atoms with Crippen molar-refractivity contribution in [2.24, 2.45) is 0 Å². The minimum absolute atomic E-state index is 0.0991. The molecule has 1 aromatic heterocycles. The number of nitro benzene ring substituents is 1. The van der Waals surface area contributed by atoms with Crippen LogP contribution in [0.3, 0.4) is 0 Å². The summed E-state index contributed by atoms with van der Waals surface area (Å²) in [7, 11) is 0. The number of rotatable bonds is 4. The number of non-ortho nitro benzene ring substituents is 1. The molecule has 0 amide bonds. The van der Waals surface area contributed by atoms with E-state index in [0.717, 1.165) is 14.3 Å². The lowest BCUT2D eigenvalue weighted by molar-refractivity contribution is -0.384. The first-order valence-electron chi connectivity index (χ1n) is 5.52. The van der Waals surface area contributed by atoms with Crippen LogP contribution in [0, 0.1) is 13.7 Å². The van der Waals surface area contributed by atoms with E-state index in [-0.39, 0.29) is 11.2 Å². The molecule has 1 aromatic carbocycles. The van der Waals surface area contributed by atoms with Crippen LogP contribution >= 0.6 is 33.9 Å². The summed E-state index contributed by atoms with van der Waals surface area (Å²) in [6, 6.07) is 4.79. The molecule has 2 rings (SSSR count). The number of nitrogens with one attached hydrogen (secondary N) is 1. The number of nitrogens with zero attached hydrogens (tertiary/aromatic N) is 2. The molecule has 0 aliphatic heterocycles. The second-order valence-corrected chi connectivity index (χ2v) is 6.57. The molecule has 0 saturated carbocycles. The van der Waals surface area contributed by atoms with E-state index >= 15 is 0 Å². The van der Waals surface area contributed by atoms with Gasteiger partial charge in [-0.25, -0.2) is 4.98 Å². The van der Waals surface area contributed by atoms with E-state index in [4.69, 9.17) is 0 Å². The van der Waals surface area contributed by atoms with Crippen molar-refractivity contribution < 1.29 is 4.92 Å². The maximum atomic E-state index is 10.7. The third kappa shape index (κ3) is 3.21. The fourth-order valence-electron chi connectivity index (χ4n) is 1.64. The van der Waals surface area contributed by atoms with Crippen molar-refractivity contribution >= 4 is 45.3 Å². The SMILES string of the molecule is CC(C)(Nc1ccc([N+](=O)[O-])cc1I)c1nccs1. The van der Waals surface area contributed by atoms with Crippen LogP contribution in [-0.4, -0.2) is 9.91 Å². The average molecular weight is 389 g/mol. The van der Waals surface area contributed by atoms with Gasteiger partial charge in [0.15, 0.2) is 0 Å². The van der Waals surface area contributed by atoms with E-state index in [0.29, 0.717) is 0 Å². The molecule has 0 bridgehead atoms. The Morgan fingerprint density at radius 2 is 2.21 bits per heavy atom. The third-order valence-electron chi connectivity index (χ3n) is 2.58. The molecule has 0 aliphatic carbocycles. The van der Waals surface area contributed by atoms with Gasteiger partial charge < -0.3 is 5.32 Å². The van der Waals surface area contributed by atoms with Crippen molar-refractivity contribution in [1.29, 1.82) is 0 Å². The number of aromatic nitrogens is 1. The second-order valence-electron chi connectivity index (χ2n) is 4.51. The molecular weight excluding hydrogens is 377 g/mol. The van der Waals surface area contributed by atoms with Crippen LogP contribution in [0.5, 0.6) is 0 Å². The van der Waals surface area contributed by atoms with Crippen LogP contribution in [0.25, 0.3) is 0 Å². The van der Waals surface area contributed by atoms with Crippen LogP contribution in [0.15, 0.2) is 29.8 Å². The van der Waals surface area contributed by atoms with Gasteiger partial charge in [0.2, 0.25) is 0 Å². The zero-order valence-electron chi connectivity index (χ0n) is 10.4. The Balaban J connectivity index is 2.27. The highest BCUT2D eigenvalue weighted by molar-refractivity contribution is 14.1. The molecule has 0 atom stereocenters. The van der Waals surface area contributed by atoms with Gasteiger partial charge in [0.25, 0.3) is 5.69 Å². The number of benzene rings is 1. The van der Waals surface area contributed by atoms with E-state index in [1.165, 1.54) is 6.07 Å². The number of hydrogen-bond acceptors (Lipinski definition) is 5. The standard InChI is InChI=1S/C12H12IN3O2S/c1-12(2,11-14-5-6-19-11)15-10-4-3-8(16(17)18)7-9(10)13/h3-7,15H,1-2H3. The maximum Gasteiger partial charge on any atom is 0.270 e. The Morgan fingerprint density at radius 1 is 1.47 bits per heavy atom. The first-order valence-corrected chi connectivity index (χ1v) is 7.48. The van der Waals surface area contributed by atoms with Gasteiger partial charge >= 0.3 is 0 Å². The fraction of sp³-hybridized carbons (Fsp3) is 0.250. The van der Waals surface area contributed by atoms with Gasteiger partial charge in [0.1, 0.15) is 5.01 Å². The predicted octanol–water partition coefficient (Wildman–Crippen LogP) is 4.00. The minimum Gasteiger partial charge on any atom is -0.373 e.